The van der Waals surface area contributed by atoms with Crippen LogP contribution in [0.15, 0.2) is 58.6 Å². The van der Waals surface area contributed by atoms with Gasteiger partial charge in [0.05, 0.1) is 11.6 Å². The SMILES string of the molecule is C[S+]([O-])c1ccccc1S(=O)(=O)Oc1ccc2c(N3C[C@H](N)[C@@H](N4CCCCC4=O)C3)ncnc2c1. The highest BCUT2D eigenvalue weighted by molar-refractivity contribution is 7.92. The van der Waals surface area contributed by atoms with Crippen LogP contribution in [0.5, 0.6) is 5.75 Å². The Balaban J connectivity index is 1.40. The van der Waals surface area contributed by atoms with Crippen LogP contribution in [0.3, 0.4) is 0 Å². The molecule has 10 nitrogen and oxygen atoms in total. The summed E-state index contributed by atoms with van der Waals surface area (Å²) in [7, 11) is -4.22. The molecule has 0 spiro atoms. The maximum atomic E-state index is 12.9. The summed E-state index contributed by atoms with van der Waals surface area (Å²) >= 11 is -1.50. The third-order valence-corrected chi connectivity index (χ3v) is 9.02. The number of carbonyl (C=O) groups excluding carboxylic acids is 1. The summed E-state index contributed by atoms with van der Waals surface area (Å²) in [4.78, 5) is 25.2. The second-order valence-corrected chi connectivity index (χ2v) is 11.9. The van der Waals surface area contributed by atoms with Gasteiger partial charge in [0.25, 0.3) is 0 Å². The molecule has 3 aromatic rings. The van der Waals surface area contributed by atoms with Crippen molar-refractivity contribution in [3.05, 3.63) is 48.8 Å². The van der Waals surface area contributed by atoms with E-state index in [1.54, 1.807) is 24.3 Å². The number of piperidine rings is 1. The van der Waals surface area contributed by atoms with Crippen molar-refractivity contribution in [2.24, 2.45) is 5.73 Å². The number of aromatic nitrogens is 2. The molecule has 5 rings (SSSR count). The molecule has 2 aliphatic rings. The van der Waals surface area contributed by atoms with Crippen LogP contribution in [0.1, 0.15) is 19.3 Å². The molecule has 36 heavy (non-hydrogen) atoms. The molecule has 2 N–H and O–H groups in total. The number of fused-ring (bicyclic) bond motifs is 1. The number of hydrogen-bond acceptors (Lipinski definition) is 9. The molecule has 190 valence electrons. The van der Waals surface area contributed by atoms with Gasteiger partial charge in [0.15, 0.2) is 9.79 Å². The normalized spacial score (nSPS) is 21.7. The number of likely N-dealkylation sites (tertiary alicyclic amines) is 1. The highest BCUT2D eigenvalue weighted by Crippen LogP contribution is 2.32. The fourth-order valence-electron chi connectivity index (χ4n) is 4.88. The lowest BCUT2D eigenvalue weighted by Crippen LogP contribution is -2.51. The number of carbonyl (C=O) groups is 1. The summed E-state index contributed by atoms with van der Waals surface area (Å²) in [6.07, 6.45) is 5.29. The van der Waals surface area contributed by atoms with Crippen molar-refractivity contribution in [2.75, 3.05) is 30.8 Å². The van der Waals surface area contributed by atoms with Crippen molar-refractivity contribution >= 4 is 43.9 Å². The van der Waals surface area contributed by atoms with E-state index in [1.165, 1.54) is 30.8 Å². The van der Waals surface area contributed by atoms with E-state index in [9.17, 15) is 17.8 Å². The van der Waals surface area contributed by atoms with Gasteiger partial charge in [-0.1, -0.05) is 12.1 Å². The Kier molecular flexibility index (Phi) is 6.77. The van der Waals surface area contributed by atoms with E-state index in [0.717, 1.165) is 24.8 Å². The molecule has 2 saturated heterocycles. The predicted octanol–water partition coefficient (Wildman–Crippen LogP) is 1.66. The first-order valence-corrected chi connectivity index (χ1v) is 14.6. The Morgan fingerprint density at radius 1 is 1.14 bits per heavy atom. The monoisotopic (exact) mass is 529 g/mol. The van der Waals surface area contributed by atoms with Crippen LogP contribution in [0.25, 0.3) is 10.9 Å². The maximum absolute atomic E-state index is 12.9. The maximum Gasteiger partial charge on any atom is 0.344 e. The van der Waals surface area contributed by atoms with Gasteiger partial charge in [0, 0.05) is 43.5 Å². The van der Waals surface area contributed by atoms with Crippen LogP contribution in [-0.4, -0.2) is 71.7 Å². The Morgan fingerprint density at radius 2 is 1.94 bits per heavy atom. The summed E-state index contributed by atoms with van der Waals surface area (Å²) in [5, 5.41) is 0.718. The largest absolute Gasteiger partial charge is 0.612 e. The van der Waals surface area contributed by atoms with Crippen LogP contribution in [0.2, 0.25) is 0 Å². The summed E-state index contributed by atoms with van der Waals surface area (Å²) in [5.41, 5.74) is 6.94. The number of nitrogens with zero attached hydrogens (tertiary/aromatic N) is 4. The van der Waals surface area contributed by atoms with Gasteiger partial charge in [0.2, 0.25) is 5.91 Å². The Labute approximate surface area is 212 Å². The van der Waals surface area contributed by atoms with Gasteiger partial charge in [-0.05, 0) is 48.3 Å². The molecular weight excluding hydrogens is 502 g/mol. The van der Waals surface area contributed by atoms with Crippen molar-refractivity contribution in [3.8, 4) is 5.75 Å². The van der Waals surface area contributed by atoms with Crippen LogP contribution >= 0.6 is 0 Å². The Bertz CT molecular complexity index is 1400. The zero-order chi connectivity index (χ0) is 25.4. The van der Waals surface area contributed by atoms with Gasteiger partial charge in [-0.3, -0.25) is 4.79 Å². The first kappa shape index (κ1) is 24.8. The zero-order valence-corrected chi connectivity index (χ0v) is 21.4. The number of amides is 1. The van der Waals surface area contributed by atoms with Crippen LogP contribution in [0, 0.1) is 0 Å². The molecule has 0 bridgehead atoms. The number of rotatable bonds is 6. The Hall–Kier alpha value is -2.93. The van der Waals surface area contributed by atoms with Crippen LogP contribution < -0.4 is 14.8 Å². The molecule has 2 fully saturated rings. The summed E-state index contributed by atoms with van der Waals surface area (Å²) in [6.45, 7) is 1.83. The number of anilines is 1. The van der Waals surface area contributed by atoms with Crippen molar-refractivity contribution in [2.45, 2.75) is 41.1 Å². The lowest BCUT2D eigenvalue weighted by atomic mass is 10.1. The highest BCUT2D eigenvalue weighted by Gasteiger charge is 2.38. The lowest BCUT2D eigenvalue weighted by Gasteiger charge is -2.34. The molecule has 12 heteroatoms. The van der Waals surface area contributed by atoms with Gasteiger partial charge in [0.1, 0.15) is 24.2 Å². The molecular formula is C24H27N5O5S2. The quantitative estimate of drug-likeness (QED) is 0.373. The topological polar surface area (TPSA) is 142 Å². The summed E-state index contributed by atoms with van der Waals surface area (Å²) in [5.74, 6) is 0.898. The average Bonchev–Trinajstić information content (AvgIpc) is 3.24. The van der Waals surface area contributed by atoms with E-state index in [2.05, 4.69) is 9.97 Å². The van der Waals surface area contributed by atoms with Gasteiger partial charge in [-0.2, -0.15) is 8.42 Å². The molecule has 0 saturated carbocycles. The van der Waals surface area contributed by atoms with Crippen molar-refractivity contribution in [3.63, 3.8) is 0 Å². The van der Waals surface area contributed by atoms with E-state index in [1.807, 2.05) is 9.80 Å². The molecule has 3 heterocycles. The van der Waals surface area contributed by atoms with E-state index in [-0.39, 0.29) is 33.5 Å². The van der Waals surface area contributed by atoms with Crippen LogP contribution in [0.4, 0.5) is 5.82 Å². The molecule has 2 aromatic carbocycles. The zero-order valence-electron chi connectivity index (χ0n) is 19.7. The van der Waals surface area contributed by atoms with Gasteiger partial charge >= 0.3 is 10.1 Å². The summed E-state index contributed by atoms with van der Waals surface area (Å²) in [6, 6.07) is 10.5. The molecule has 1 aromatic heterocycles. The highest BCUT2D eigenvalue weighted by atomic mass is 32.2. The molecule has 1 amide bonds. The first-order chi connectivity index (χ1) is 17.2. The fraction of sp³-hybridized carbons (Fsp3) is 0.375. The van der Waals surface area contributed by atoms with Crippen molar-refractivity contribution < 1.29 is 21.9 Å². The van der Waals surface area contributed by atoms with E-state index < -0.39 is 21.3 Å². The number of benzene rings is 2. The fourth-order valence-corrected chi connectivity index (χ4v) is 7.17. The average molecular weight is 530 g/mol. The van der Waals surface area contributed by atoms with E-state index >= 15 is 0 Å². The smallest absolute Gasteiger partial charge is 0.344 e. The molecule has 2 aliphatic heterocycles. The van der Waals surface area contributed by atoms with Gasteiger partial charge in [-0.25, -0.2) is 9.97 Å². The van der Waals surface area contributed by atoms with E-state index in [0.29, 0.717) is 30.8 Å². The molecule has 1 unspecified atom stereocenters. The third-order valence-electron chi connectivity index (χ3n) is 6.61. The van der Waals surface area contributed by atoms with Gasteiger partial charge in [-0.15, -0.1) is 0 Å². The second kappa shape index (κ2) is 9.85. The van der Waals surface area contributed by atoms with Crippen LogP contribution in [-0.2, 0) is 26.1 Å². The molecule has 0 radical (unpaired) electrons. The van der Waals surface area contributed by atoms with E-state index in [4.69, 9.17) is 9.92 Å². The third kappa shape index (κ3) is 4.73. The van der Waals surface area contributed by atoms with Gasteiger partial charge < -0.3 is 24.3 Å². The van der Waals surface area contributed by atoms with Crippen molar-refractivity contribution in [1.29, 1.82) is 0 Å². The Morgan fingerprint density at radius 3 is 2.72 bits per heavy atom. The lowest BCUT2D eigenvalue weighted by molar-refractivity contribution is -0.135. The molecule has 0 aliphatic carbocycles. The second-order valence-electron chi connectivity index (χ2n) is 8.99. The standard InChI is InChI=1S/C24H27N5O5S2/c1-35(31)21-6-2-3-7-22(21)36(32,33)34-16-9-10-17-19(12-16)26-15-27-24(17)28-13-18(25)20(14-28)29-11-5-4-8-23(29)30/h2-3,6-7,9-10,12,15,18,20H,4-5,8,11,13-14,25H2,1H3/t18-,20-,35?/m0/s1. The minimum atomic E-state index is -4.22. The first-order valence-electron chi connectivity index (χ1n) is 11.7. The minimum absolute atomic E-state index is 0.0822. The predicted molar refractivity (Wildman–Crippen MR) is 136 cm³/mol. The van der Waals surface area contributed by atoms with Crippen molar-refractivity contribution in [1.82, 2.24) is 14.9 Å². The summed E-state index contributed by atoms with van der Waals surface area (Å²) < 4.78 is 43.3. The minimum Gasteiger partial charge on any atom is -0.612 e. The molecule has 3 atom stereocenters. The number of nitrogens with two attached hydrogens (primary N) is 1. The number of hydrogen-bond donors (Lipinski definition) is 1.